The number of benzene rings is 2. The van der Waals surface area contributed by atoms with Crippen molar-refractivity contribution in [2.24, 2.45) is 0 Å². The molecule has 8 heteroatoms. The number of aromatic nitrogens is 2. The molecular weight excluding hydrogens is 416 g/mol. The Labute approximate surface area is 186 Å². The molecular formula is C23H25ClN4O3. The van der Waals surface area contributed by atoms with Gasteiger partial charge in [0.05, 0.1) is 37.2 Å². The van der Waals surface area contributed by atoms with Crippen LogP contribution in [0.3, 0.4) is 0 Å². The van der Waals surface area contributed by atoms with E-state index in [0.717, 1.165) is 45.0 Å². The molecule has 0 radical (unpaired) electrons. The van der Waals surface area contributed by atoms with Crippen LogP contribution in [0.1, 0.15) is 15.9 Å². The highest BCUT2D eigenvalue weighted by Gasteiger charge is 2.14. The molecule has 0 saturated carbocycles. The van der Waals surface area contributed by atoms with Crippen molar-refractivity contribution in [2.75, 3.05) is 38.2 Å². The number of hydrogen-bond donors (Lipinski definition) is 1. The SMILES string of the molecule is O=C(Nc1cnn(CCN2CCOCC2)c1)c1ccccc1OCc1ccc(Cl)cc1. The number of nitrogens with zero attached hydrogens (tertiary/aromatic N) is 3. The lowest BCUT2D eigenvalue weighted by molar-refractivity contribution is 0.0360. The van der Waals surface area contributed by atoms with Crippen LogP contribution in [0, 0.1) is 0 Å². The second-order valence-corrected chi connectivity index (χ2v) is 7.75. The van der Waals surface area contributed by atoms with Crippen LogP contribution in [0.2, 0.25) is 5.02 Å². The van der Waals surface area contributed by atoms with Crippen molar-refractivity contribution in [3.05, 3.63) is 77.1 Å². The van der Waals surface area contributed by atoms with E-state index in [4.69, 9.17) is 21.1 Å². The molecule has 2 heterocycles. The monoisotopic (exact) mass is 440 g/mol. The molecule has 2 aromatic carbocycles. The van der Waals surface area contributed by atoms with Crippen molar-refractivity contribution in [1.29, 1.82) is 0 Å². The Bertz CT molecular complexity index is 1000. The number of ether oxygens (including phenoxy) is 2. The van der Waals surface area contributed by atoms with Gasteiger partial charge >= 0.3 is 0 Å². The van der Waals surface area contributed by atoms with Crippen LogP contribution < -0.4 is 10.1 Å². The molecule has 0 aliphatic carbocycles. The minimum absolute atomic E-state index is 0.237. The van der Waals surface area contributed by atoms with Crippen molar-refractivity contribution in [3.8, 4) is 5.75 Å². The predicted molar refractivity (Wildman–Crippen MR) is 120 cm³/mol. The molecule has 1 saturated heterocycles. The third kappa shape index (κ3) is 6.07. The lowest BCUT2D eigenvalue weighted by atomic mass is 10.2. The van der Waals surface area contributed by atoms with Crippen molar-refractivity contribution in [2.45, 2.75) is 13.2 Å². The number of carbonyl (C=O) groups excluding carboxylic acids is 1. The van der Waals surface area contributed by atoms with E-state index < -0.39 is 0 Å². The van der Waals surface area contributed by atoms with Crippen LogP contribution in [0.15, 0.2) is 60.9 Å². The van der Waals surface area contributed by atoms with Gasteiger partial charge in [-0.2, -0.15) is 5.10 Å². The minimum Gasteiger partial charge on any atom is -0.488 e. The van der Waals surface area contributed by atoms with Gasteiger partial charge < -0.3 is 14.8 Å². The third-order valence-corrected chi connectivity index (χ3v) is 5.33. The Kier molecular flexibility index (Phi) is 7.19. The van der Waals surface area contributed by atoms with E-state index in [1.165, 1.54) is 0 Å². The number of halogens is 1. The normalized spacial score (nSPS) is 14.4. The quantitative estimate of drug-likeness (QED) is 0.578. The second kappa shape index (κ2) is 10.4. The highest BCUT2D eigenvalue weighted by atomic mass is 35.5. The first kappa shape index (κ1) is 21.4. The Morgan fingerprint density at radius 3 is 2.68 bits per heavy atom. The van der Waals surface area contributed by atoms with E-state index in [1.54, 1.807) is 18.3 Å². The molecule has 1 N–H and O–H groups in total. The molecule has 162 valence electrons. The maximum Gasteiger partial charge on any atom is 0.259 e. The minimum atomic E-state index is -0.237. The fourth-order valence-electron chi connectivity index (χ4n) is 3.34. The van der Waals surface area contributed by atoms with Gasteiger partial charge in [0.2, 0.25) is 0 Å². The molecule has 31 heavy (non-hydrogen) atoms. The maximum atomic E-state index is 12.8. The van der Waals surface area contributed by atoms with Crippen LogP contribution in [-0.2, 0) is 17.9 Å². The second-order valence-electron chi connectivity index (χ2n) is 7.31. The van der Waals surface area contributed by atoms with Crippen LogP contribution >= 0.6 is 11.6 Å². The Morgan fingerprint density at radius 1 is 1.10 bits per heavy atom. The van der Waals surface area contributed by atoms with E-state index in [9.17, 15) is 4.79 Å². The summed E-state index contributed by atoms with van der Waals surface area (Å²) in [5, 5.41) is 7.94. The molecule has 0 bridgehead atoms. The average Bonchev–Trinajstić information content (AvgIpc) is 3.25. The fourth-order valence-corrected chi connectivity index (χ4v) is 3.47. The maximum absolute atomic E-state index is 12.8. The summed E-state index contributed by atoms with van der Waals surface area (Å²) >= 11 is 5.93. The van der Waals surface area contributed by atoms with Gasteiger partial charge in [-0.1, -0.05) is 35.9 Å². The number of carbonyl (C=O) groups is 1. The van der Waals surface area contributed by atoms with Gasteiger partial charge in [-0.25, -0.2) is 0 Å². The molecule has 1 aliphatic heterocycles. The van der Waals surface area contributed by atoms with Crippen LogP contribution in [0.4, 0.5) is 5.69 Å². The molecule has 1 aliphatic rings. The van der Waals surface area contributed by atoms with E-state index in [0.29, 0.717) is 28.6 Å². The smallest absolute Gasteiger partial charge is 0.259 e. The van der Waals surface area contributed by atoms with E-state index in [2.05, 4.69) is 15.3 Å². The molecule has 0 atom stereocenters. The summed E-state index contributed by atoms with van der Waals surface area (Å²) in [4.78, 5) is 15.2. The molecule has 1 aromatic heterocycles. The van der Waals surface area contributed by atoms with Gasteiger partial charge in [0.15, 0.2) is 0 Å². The number of nitrogens with one attached hydrogen (secondary N) is 1. The summed E-state index contributed by atoms with van der Waals surface area (Å²) in [6, 6.07) is 14.6. The average molecular weight is 441 g/mol. The third-order valence-electron chi connectivity index (χ3n) is 5.08. The summed E-state index contributed by atoms with van der Waals surface area (Å²) in [6.07, 6.45) is 3.50. The molecule has 4 rings (SSSR count). The summed E-state index contributed by atoms with van der Waals surface area (Å²) in [5.74, 6) is 0.286. The first-order valence-electron chi connectivity index (χ1n) is 10.3. The van der Waals surface area contributed by atoms with Gasteiger partial charge in [0.25, 0.3) is 5.91 Å². The lowest BCUT2D eigenvalue weighted by Gasteiger charge is -2.26. The standard InChI is InChI=1S/C23H25ClN4O3/c24-19-7-5-18(6-8-19)17-31-22-4-2-1-3-21(22)23(29)26-20-15-25-28(16-20)10-9-27-11-13-30-14-12-27/h1-8,15-16H,9-14,17H2,(H,26,29). The zero-order chi connectivity index (χ0) is 21.5. The predicted octanol–water partition coefficient (Wildman–Crippen LogP) is 3.70. The first-order chi connectivity index (χ1) is 15.2. The number of amides is 1. The Hall–Kier alpha value is -2.87. The van der Waals surface area contributed by atoms with Gasteiger partial charge in [0.1, 0.15) is 12.4 Å². The molecule has 1 fully saturated rings. The number of para-hydroxylation sites is 1. The van der Waals surface area contributed by atoms with Crippen LogP contribution in [0.25, 0.3) is 0 Å². The van der Waals surface area contributed by atoms with E-state index in [-0.39, 0.29) is 5.91 Å². The zero-order valence-electron chi connectivity index (χ0n) is 17.2. The number of hydrogen-bond acceptors (Lipinski definition) is 5. The van der Waals surface area contributed by atoms with Gasteiger partial charge in [-0.3, -0.25) is 14.4 Å². The lowest BCUT2D eigenvalue weighted by Crippen LogP contribution is -2.38. The summed E-state index contributed by atoms with van der Waals surface area (Å²) in [6.45, 7) is 5.45. The Morgan fingerprint density at radius 2 is 1.87 bits per heavy atom. The van der Waals surface area contributed by atoms with Crippen molar-refractivity contribution >= 4 is 23.2 Å². The summed E-state index contributed by atoms with van der Waals surface area (Å²) < 4.78 is 13.1. The van der Waals surface area contributed by atoms with Crippen molar-refractivity contribution in [1.82, 2.24) is 14.7 Å². The summed E-state index contributed by atoms with van der Waals surface area (Å²) in [7, 11) is 0. The van der Waals surface area contributed by atoms with E-state index >= 15 is 0 Å². The number of morpholine rings is 1. The molecule has 7 nitrogen and oxygen atoms in total. The topological polar surface area (TPSA) is 68.6 Å². The zero-order valence-corrected chi connectivity index (χ0v) is 17.9. The largest absolute Gasteiger partial charge is 0.488 e. The van der Waals surface area contributed by atoms with Gasteiger partial charge in [-0.05, 0) is 29.8 Å². The summed E-state index contributed by atoms with van der Waals surface area (Å²) in [5.41, 5.74) is 2.10. The molecule has 1 amide bonds. The van der Waals surface area contributed by atoms with E-state index in [1.807, 2.05) is 47.3 Å². The fraction of sp³-hybridized carbons (Fsp3) is 0.304. The van der Waals surface area contributed by atoms with Gasteiger partial charge in [-0.15, -0.1) is 0 Å². The van der Waals surface area contributed by atoms with Crippen molar-refractivity contribution < 1.29 is 14.3 Å². The highest BCUT2D eigenvalue weighted by Crippen LogP contribution is 2.21. The first-order valence-corrected chi connectivity index (χ1v) is 10.7. The molecule has 0 spiro atoms. The number of rotatable bonds is 8. The van der Waals surface area contributed by atoms with Gasteiger partial charge in [0, 0.05) is 30.9 Å². The van der Waals surface area contributed by atoms with Crippen LogP contribution in [-0.4, -0.2) is 53.4 Å². The molecule has 0 unspecified atom stereocenters. The highest BCUT2D eigenvalue weighted by molar-refractivity contribution is 6.30. The van der Waals surface area contributed by atoms with Crippen LogP contribution in [0.5, 0.6) is 5.75 Å². The number of anilines is 1. The Balaban J connectivity index is 1.34. The molecule has 3 aromatic rings. The van der Waals surface area contributed by atoms with Crippen molar-refractivity contribution in [3.63, 3.8) is 0 Å².